The normalized spacial score (nSPS) is 33.6. The van der Waals surface area contributed by atoms with E-state index in [0.29, 0.717) is 19.0 Å². The van der Waals surface area contributed by atoms with E-state index in [-0.39, 0.29) is 0 Å². The van der Waals surface area contributed by atoms with E-state index in [2.05, 4.69) is 10.2 Å². The van der Waals surface area contributed by atoms with Crippen molar-refractivity contribution >= 4 is 0 Å². The third kappa shape index (κ3) is 2.23. The average Bonchev–Trinajstić information content (AvgIpc) is 2.13. The van der Waals surface area contributed by atoms with E-state index < -0.39 is 6.17 Å². The van der Waals surface area contributed by atoms with E-state index in [1.54, 1.807) is 0 Å². The van der Waals surface area contributed by atoms with Crippen LogP contribution in [0, 0.1) is 0 Å². The first-order chi connectivity index (χ1) is 4.68. The fourth-order valence-corrected chi connectivity index (χ4v) is 1.35. The van der Waals surface area contributed by atoms with Crippen molar-refractivity contribution in [2.45, 2.75) is 18.6 Å². The van der Waals surface area contributed by atoms with Crippen molar-refractivity contribution in [3.63, 3.8) is 0 Å². The van der Waals surface area contributed by atoms with Crippen LogP contribution in [-0.2, 0) is 0 Å². The summed E-state index contributed by atoms with van der Waals surface area (Å²) in [5, 5.41) is 3.12. The number of nitrogens with one attached hydrogen (secondary N) is 1. The highest BCUT2D eigenvalue weighted by Gasteiger charge is 2.23. The Kier molecular flexibility index (Phi) is 2.63. The maximum absolute atomic E-state index is 12.5. The minimum atomic E-state index is -0.620. The molecule has 0 spiro atoms. The van der Waals surface area contributed by atoms with Crippen molar-refractivity contribution in [2.24, 2.45) is 0 Å². The predicted octanol–water partition coefficient (Wildman–Crippen LogP) is 0.248. The van der Waals surface area contributed by atoms with Gasteiger partial charge in [0.2, 0.25) is 0 Å². The van der Waals surface area contributed by atoms with Gasteiger partial charge in [0.15, 0.2) is 0 Å². The van der Waals surface area contributed by atoms with Gasteiger partial charge in [-0.1, -0.05) is 0 Å². The molecule has 1 heterocycles. The van der Waals surface area contributed by atoms with Crippen LogP contribution in [0.1, 0.15) is 6.42 Å². The van der Waals surface area contributed by atoms with Gasteiger partial charge in [-0.2, -0.15) is 0 Å². The largest absolute Gasteiger partial charge is 0.310 e. The summed E-state index contributed by atoms with van der Waals surface area (Å²) in [7, 11) is 4.01. The number of hydrogen-bond acceptors (Lipinski definition) is 2. The van der Waals surface area contributed by atoms with Gasteiger partial charge in [0.25, 0.3) is 0 Å². The maximum Gasteiger partial charge on any atom is 0.114 e. The number of nitrogens with zero attached hydrogens (tertiary/aromatic N) is 1. The Labute approximate surface area is 61.4 Å². The Morgan fingerprint density at radius 1 is 1.60 bits per heavy atom. The van der Waals surface area contributed by atoms with E-state index in [0.717, 1.165) is 6.54 Å². The number of likely N-dealkylation sites (N-methyl/N-ethyl adjacent to an activating group) is 1. The monoisotopic (exact) mass is 146 g/mol. The molecule has 3 heteroatoms. The molecule has 0 amide bonds. The fraction of sp³-hybridized carbons (Fsp3) is 1.00. The molecule has 1 saturated heterocycles. The van der Waals surface area contributed by atoms with Crippen molar-refractivity contribution in [1.82, 2.24) is 10.2 Å². The van der Waals surface area contributed by atoms with Crippen LogP contribution >= 0.6 is 0 Å². The molecular formula is C7H15FN2. The lowest BCUT2D eigenvalue weighted by Gasteiger charge is -2.15. The Morgan fingerprint density at radius 2 is 2.30 bits per heavy atom. The number of halogens is 1. The summed E-state index contributed by atoms with van der Waals surface area (Å²) in [5.41, 5.74) is 0. The molecule has 1 rings (SSSR count). The van der Waals surface area contributed by atoms with Gasteiger partial charge in [0.1, 0.15) is 6.17 Å². The molecule has 2 nitrogen and oxygen atoms in total. The lowest BCUT2D eigenvalue weighted by atomic mass is 10.2. The molecule has 0 aromatic carbocycles. The molecule has 0 aromatic heterocycles. The van der Waals surface area contributed by atoms with Crippen molar-refractivity contribution in [3.05, 3.63) is 0 Å². The van der Waals surface area contributed by atoms with E-state index >= 15 is 0 Å². The molecular weight excluding hydrogens is 131 g/mol. The standard InChI is InChI=1S/C7H15FN2/c1-10(2)5-7-3-6(8)4-9-7/h6-7,9H,3-5H2,1-2H3/t6?,7-/m0/s1. The summed E-state index contributed by atoms with van der Waals surface area (Å²) in [5.74, 6) is 0. The lowest BCUT2D eigenvalue weighted by Crippen LogP contribution is -2.33. The molecule has 1 fully saturated rings. The number of rotatable bonds is 2. The molecule has 0 aromatic rings. The minimum absolute atomic E-state index is 0.366. The molecule has 1 aliphatic rings. The molecule has 0 radical (unpaired) electrons. The number of hydrogen-bond donors (Lipinski definition) is 1. The topological polar surface area (TPSA) is 15.3 Å². The van der Waals surface area contributed by atoms with Crippen LogP contribution in [0.2, 0.25) is 0 Å². The quantitative estimate of drug-likeness (QED) is 0.600. The third-order valence-electron chi connectivity index (χ3n) is 1.75. The summed E-state index contributed by atoms with van der Waals surface area (Å²) in [4.78, 5) is 2.08. The van der Waals surface area contributed by atoms with Crippen molar-refractivity contribution in [1.29, 1.82) is 0 Å². The van der Waals surface area contributed by atoms with Gasteiger partial charge in [0.05, 0.1) is 0 Å². The Hall–Kier alpha value is -0.150. The second-order valence-corrected chi connectivity index (χ2v) is 3.20. The van der Waals surface area contributed by atoms with Crippen LogP contribution in [0.15, 0.2) is 0 Å². The SMILES string of the molecule is CN(C)C[C@@H]1CC(F)CN1. The van der Waals surface area contributed by atoms with Gasteiger partial charge in [0, 0.05) is 19.1 Å². The zero-order valence-electron chi connectivity index (χ0n) is 6.60. The molecule has 1 aliphatic heterocycles. The van der Waals surface area contributed by atoms with Crippen LogP contribution in [0.5, 0.6) is 0 Å². The Balaban J connectivity index is 2.18. The van der Waals surface area contributed by atoms with Crippen LogP contribution < -0.4 is 5.32 Å². The minimum Gasteiger partial charge on any atom is -0.310 e. The molecule has 60 valence electrons. The molecule has 1 unspecified atom stereocenters. The zero-order valence-corrected chi connectivity index (χ0v) is 6.60. The fourth-order valence-electron chi connectivity index (χ4n) is 1.35. The molecule has 2 atom stereocenters. The van der Waals surface area contributed by atoms with Gasteiger partial charge < -0.3 is 10.2 Å². The molecule has 0 bridgehead atoms. The second kappa shape index (κ2) is 3.30. The summed E-state index contributed by atoms with van der Waals surface area (Å²) in [6.45, 7) is 1.49. The Morgan fingerprint density at radius 3 is 2.70 bits per heavy atom. The van der Waals surface area contributed by atoms with E-state index in [1.807, 2.05) is 14.1 Å². The maximum atomic E-state index is 12.5. The number of alkyl halides is 1. The van der Waals surface area contributed by atoms with E-state index in [1.165, 1.54) is 0 Å². The molecule has 10 heavy (non-hydrogen) atoms. The highest BCUT2D eigenvalue weighted by Crippen LogP contribution is 2.09. The second-order valence-electron chi connectivity index (χ2n) is 3.20. The van der Waals surface area contributed by atoms with Crippen LogP contribution in [0.3, 0.4) is 0 Å². The van der Waals surface area contributed by atoms with Gasteiger partial charge in [-0.3, -0.25) is 0 Å². The van der Waals surface area contributed by atoms with Crippen molar-refractivity contribution in [3.8, 4) is 0 Å². The Bertz CT molecular complexity index is 106. The van der Waals surface area contributed by atoms with Crippen molar-refractivity contribution < 1.29 is 4.39 Å². The third-order valence-corrected chi connectivity index (χ3v) is 1.75. The van der Waals surface area contributed by atoms with Gasteiger partial charge in [-0.25, -0.2) is 4.39 Å². The van der Waals surface area contributed by atoms with Gasteiger partial charge in [-0.15, -0.1) is 0 Å². The van der Waals surface area contributed by atoms with Crippen LogP contribution in [-0.4, -0.2) is 44.3 Å². The predicted molar refractivity (Wildman–Crippen MR) is 39.9 cm³/mol. The van der Waals surface area contributed by atoms with E-state index in [9.17, 15) is 4.39 Å². The highest BCUT2D eigenvalue weighted by atomic mass is 19.1. The summed E-state index contributed by atoms with van der Waals surface area (Å²) < 4.78 is 12.5. The zero-order chi connectivity index (χ0) is 7.56. The average molecular weight is 146 g/mol. The van der Waals surface area contributed by atoms with Crippen LogP contribution in [0.25, 0.3) is 0 Å². The van der Waals surface area contributed by atoms with Gasteiger partial charge >= 0.3 is 0 Å². The summed E-state index contributed by atoms with van der Waals surface area (Å²) in [6, 6.07) is 0.366. The summed E-state index contributed by atoms with van der Waals surface area (Å²) >= 11 is 0. The molecule has 1 N–H and O–H groups in total. The summed E-state index contributed by atoms with van der Waals surface area (Å²) in [6.07, 6.45) is 0.0583. The molecule has 0 saturated carbocycles. The first-order valence-corrected chi connectivity index (χ1v) is 3.70. The first kappa shape index (κ1) is 7.95. The molecule has 0 aliphatic carbocycles. The highest BCUT2D eigenvalue weighted by molar-refractivity contribution is 4.82. The smallest absolute Gasteiger partial charge is 0.114 e. The lowest BCUT2D eigenvalue weighted by molar-refractivity contribution is 0.328. The van der Waals surface area contributed by atoms with Gasteiger partial charge in [-0.05, 0) is 20.5 Å². The van der Waals surface area contributed by atoms with Crippen molar-refractivity contribution in [2.75, 3.05) is 27.2 Å². The van der Waals surface area contributed by atoms with Crippen LogP contribution in [0.4, 0.5) is 4.39 Å². The first-order valence-electron chi connectivity index (χ1n) is 3.70. The van der Waals surface area contributed by atoms with E-state index in [4.69, 9.17) is 0 Å².